The molecule has 0 saturated heterocycles. The molecule has 0 N–H and O–H groups in total. The molecule has 3 rings (SSSR count). The van der Waals surface area contributed by atoms with Gasteiger partial charge in [-0.05, 0) is 41.8 Å². The van der Waals surface area contributed by atoms with E-state index < -0.39 is 12.7 Å². The standard InChI is InChI=1S/C18H22BN2/c1-14(2)16-9-11-20(3)18(13-16)19-17-8-6-5-7-15(17)10-12-21(19)4/h5-14H,1-4H3/q+1/i1D3,14D. The van der Waals surface area contributed by atoms with Crippen LogP contribution in [-0.2, 0) is 7.05 Å². The van der Waals surface area contributed by atoms with Crippen molar-refractivity contribution in [3.05, 3.63) is 59.9 Å². The van der Waals surface area contributed by atoms with Crippen molar-refractivity contribution in [2.75, 3.05) is 7.05 Å². The Bertz CT molecular complexity index is 830. The number of pyridine rings is 1. The number of hydrogen-bond acceptors (Lipinski definition) is 1. The summed E-state index contributed by atoms with van der Waals surface area (Å²) in [6, 6.07) is 11.8. The second kappa shape index (κ2) is 5.40. The summed E-state index contributed by atoms with van der Waals surface area (Å²) in [5, 5.41) is 0. The van der Waals surface area contributed by atoms with Gasteiger partial charge < -0.3 is 4.81 Å². The second-order valence-electron chi connectivity index (χ2n) is 5.59. The third-order valence-corrected chi connectivity index (χ3v) is 4.09. The molecule has 0 radical (unpaired) electrons. The van der Waals surface area contributed by atoms with Crippen LogP contribution in [0.25, 0.3) is 6.08 Å². The van der Waals surface area contributed by atoms with Gasteiger partial charge in [0.15, 0.2) is 11.8 Å². The summed E-state index contributed by atoms with van der Waals surface area (Å²) >= 11 is 0. The molecule has 1 unspecified atom stereocenters. The first-order valence-electron chi connectivity index (χ1n) is 9.12. The van der Waals surface area contributed by atoms with Crippen molar-refractivity contribution >= 4 is 24.0 Å². The fourth-order valence-corrected chi connectivity index (χ4v) is 2.88. The Morgan fingerprint density at radius 3 is 2.95 bits per heavy atom. The van der Waals surface area contributed by atoms with Crippen molar-refractivity contribution in [1.82, 2.24) is 4.81 Å². The van der Waals surface area contributed by atoms with E-state index in [0.717, 1.165) is 11.2 Å². The van der Waals surface area contributed by atoms with Crippen LogP contribution in [0.15, 0.2) is 48.8 Å². The Balaban J connectivity index is 2.15. The van der Waals surface area contributed by atoms with Crippen LogP contribution in [0.1, 0.15) is 36.3 Å². The summed E-state index contributed by atoms with van der Waals surface area (Å²) in [4.78, 5) is 2.11. The van der Waals surface area contributed by atoms with E-state index in [2.05, 4.69) is 23.0 Å². The van der Waals surface area contributed by atoms with Crippen LogP contribution in [0.4, 0.5) is 0 Å². The quantitative estimate of drug-likeness (QED) is 0.600. The van der Waals surface area contributed by atoms with Crippen LogP contribution in [0.3, 0.4) is 0 Å². The fourth-order valence-electron chi connectivity index (χ4n) is 2.88. The molecule has 2 aromatic rings. The summed E-state index contributed by atoms with van der Waals surface area (Å²) < 4.78 is 33.5. The molecular formula is C18H22BN2+. The molecule has 0 bridgehead atoms. The minimum absolute atomic E-state index is 0.0291. The predicted octanol–water partition coefficient (Wildman–Crippen LogP) is 1.66. The summed E-state index contributed by atoms with van der Waals surface area (Å²) in [5.74, 6) is -1.65. The molecular weight excluding hydrogens is 255 g/mol. The van der Waals surface area contributed by atoms with Crippen molar-refractivity contribution in [2.24, 2.45) is 7.05 Å². The van der Waals surface area contributed by atoms with E-state index in [0.29, 0.717) is 5.56 Å². The highest BCUT2D eigenvalue weighted by Crippen LogP contribution is 2.13. The van der Waals surface area contributed by atoms with Gasteiger partial charge in [0.25, 0.3) is 0 Å². The zero-order chi connectivity index (χ0) is 18.4. The molecule has 106 valence electrons. The molecule has 1 aromatic carbocycles. The van der Waals surface area contributed by atoms with E-state index in [1.807, 2.05) is 49.3 Å². The lowest BCUT2D eigenvalue weighted by molar-refractivity contribution is -0.654. The van der Waals surface area contributed by atoms with Crippen LogP contribution in [-0.4, -0.2) is 18.7 Å². The minimum Gasteiger partial charge on any atom is -0.411 e. The molecule has 1 atom stereocenters. The van der Waals surface area contributed by atoms with Crippen LogP contribution < -0.4 is 15.6 Å². The molecule has 1 aliphatic rings. The number of aryl methyl sites for hydroxylation is 1. The van der Waals surface area contributed by atoms with Crippen LogP contribution in [0.5, 0.6) is 0 Å². The van der Waals surface area contributed by atoms with Crippen molar-refractivity contribution in [1.29, 1.82) is 0 Å². The number of fused-ring (bicyclic) bond motifs is 1. The Morgan fingerprint density at radius 2 is 2.14 bits per heavy atom. The lowest BCUT2D eigenvalue weighted by atomic mass is 9.49. The van der Waals surface area contributed by atoms with Crippen molar-refractivity contribution in [2.45, 2.75) is 19.7 Å². The SMILES string of the molecule is [2H]C([2H])([2H])C([2H])(C)c1cc[n+](C)c(B2c3ccccc3C=CN2C)c1. The summed E-state index contributed by atoms with van der Waals surface area (Å²) in [6.45, 7) is -0.962. The molecule has 1 aliphatic heterocycles. The van der Waals surface area contributed by atoms with Gasteiger partial charge in [0.2, 0.25) is 0 Å². The smallest absolute Gasteiger partial charge is 0.403 e. The maximum atomic E-state index is 8.40. The Labute approximate surface area is 133 Å². The maximum absolute atomic E-state index is 8.40. The van der Waals surface area contributed by atoms with Gasteiger partial charge in [-0.1, -0.05) is 38.0 Å². The topological polar surface area (TPSA) is 7.12 Å². The van der Waals surface area contributed by atoms with E-state index >= 15 is 0 Å². The zero-order valence-corrected chi connectivity index (χ0v) is 12.7. The van der Waals surface area contributed by atoms with Crippen LogP contribution in [0, 0.1) is 0 Å². The van der Waals surface area contributed by atoms with Gasteiger partial charge in [0.1, 0.15) is 7.05 Å². The first kappa shape index (κ1) is 9.83. The number of hydrogen-bond donors (Lipinski definition) is 0. The highest BCUT2D eigenvalue weighted by Gasteiger charge is 2.35. The molecule has 21 heavy (non-hydrogen) atoms. The highest BCUT2D eigenvalue weighted by atomic mass is 15.0. The van der Waals surface area contributed by atoms with Gasteiger partial charge in [0.05, 0.1) is 0 Å². The summed E-state index contributed by atoms with van der Waals surface area (Å²) in [5.41, 5.74) is 3.78. The van der Waals surface area contributed by atoms with Crippen molar-refractivity contribution in [3.8, 4) is 0 Å². The molecule has 0 aliphatic carbocycles. The van der Waals surface area contributed by atoms with Gasteiger partial charge in [0, 0.05) is 17.6 Å². The van der Waals surface area contributed by atoms with Gasteiger partial charge >= 0.3 is 6.85 Å². The maximum Gasteiger partial charge on any atom is 0.403 e. The Kier molecular flexibility index (Phi) is 2.53. The second-order valence-corrected chi connectivity index (χ2v) is 5.59. The monoisotopic (exact) mass is 281 g/mol. The summed E-state index contributed by atoms with van der Waals surface area (Å²) in [6.07, 6.45) is 5.95. The molecule has 1 aromatic heterocycles. The first-order valence-corrected chi connectivity index (χ1v) is 7.12. The molecule has 2 nitrogen and oxygen atoms in total. The van der Waals surface area contributed by atoms with Crippen LogP contribution >= 0.6 is 0 Å². The third-order valence-electron chi connectivity index (χ3n) is 4.09. The minimum atomic E-state index is -2.39. The average molecular weight is 281 g/mol. The van der Waals surface area contributed by atoms with E-state index in [9.17, 15) is 0 Å². The molecule has 3 heteroatoms. The molecule has 0 amide bonds. The fraction of sp³-hybridized carbons (Fsp3) is 0.278. The molecule has 0 spiro atoms. The zero-order valence-electron chi connectivity index (χ0n) is 16.7. The van der Waals surface area contributed by atoms with E-state index in [1.165, 1.54) is 12.4 Å². The van der Waals surface area contributed by atoms with E-state index in [1.54, 1.807) is 6.07 Å². The normalized spacial score (nSPS) is 20.0. The van der Waals surface area contributed by atoms with Gasteiger partial charge in [-0.2, -0.15) is 0 Å². The average Bonchev–Trinajstić information content (AvgIpc) is 2.54. The number of aromatic nitrogens is 1. The molecule has 2 heterocycles. The lowest BCUT2D eigenvalue weighted by Gasteiger charge is -2.27. The van der Waals surface area contributed by atoms with Gasteiger partial charge in [-0.3, -0.25) is 0 Å². The van der Waals surface area contributed by atoms with Gasteiger partial charge in [-0.15, -0.1) is 0 Å². The third kappa shape index (κ3) is 2.48. The predicted molar refractivity (Wildman–Crippen MR) is 90.0 cm³/mol. The van der Waals surface area contributed by atoms with E-state index in [-0.39, 0.29) is 6.85 Å². The highest BCUT2D eigenvalue weighted by molar-refractivity contribution is 6.82. The van der Waals surface area contributed by atoms with Gasteiger partial charge in [-0.25, -0.2) is 4.57 Å². The Morgan fingerprint density at radius 1 is 1.33 bits per heavy atom. The summed E-state index contributed by atoms with van der Waals surface area (Å²) in [7, 11) is 3.96. The van der Waals surface area contributed by atoms with Crippen molar-refractivity contribution in [3.63, 3.8) is 0 Å². The lowest BCUT2D eigenvalue weighted by Crippen LogP contribution is -2.65. The molecule has 0 saturated carbocycles. The largest absolute Gasteiger partial charge is 0.411 e. The molecule has 0 fully saturated rings. The Hall–Kier alpha value is -2.03. The number of rotatable bonds is 2. The van der Waals surface area contributed by atoms with Crippen molar-refractivity contribution < 1.29 is 10.1 Å². The van der Waals surface area contributed by atoms with Crippen LogP contribution in [0.2, 0.25) is 0 Å². The number of nitrogens with zero attached hydrogens (tertiary/aromatic N) is 2. The first-order chi connectivity index (χ1) is 11.6. The van der Waals surface area contributed by atoms with E-state index in [4.69, 9.17) is 5.48 Å². The number of benzene rings is 1.